The van der Waals surface area contributed by atoms with Gasteiger partial charge in [-0.2, -0.15) is 0 Å². The zero-order chi connectivity index (χ0) is 20.4. The fraction of sp³-hybridized carbons (Fsp3) is 0.292. The predicted octanol–water partition coefficient (Wildman–Crippen LogP) is 4.54. The molecule has 3 aromatic carbocycles. The van der Waals surface area contributed by atoms with Crippen LogP contribution in [0.2, 0.25) is 0 Å². The van der Waals surface area contributed by atoms with E-state index < -0.39 is 11.8 Å². The summed E-state index contributed by atoms with van der Waals surface area (Å²) in [5, 5.41) is 15.1. The first-order valence-corrected chi connectivity index (χ1v) is 10.00. The van der Waals surface area contributed by atoms with Gasteiger partial charge in [-0.05, 0) is 47.4 Å². The van der Waals surface area contributed by atoms with Crippen LogP contribution >= 0.6 is 0 Å². The van der Waals surface area contributed by atoms with Crippen molar-refractivity contribution in [3.8, 4) is 0 Å². The maximum Gasteiger partial charge on any atom is 0.307 e. The average Bonchev–Trinajstić information content (AvgIpc) is 3.17. The van der Waals surface area contributed by atoms with Crippen LogP contribution < -0.4 is 10.2 Å². The van der Waals surface area contributed by atoms with E-state index in [9.17, 15) is 9.18 Å². The van der Waals surface area contributed by atoms with Crippen LogP contribution in [0.25, 0.3) is 10.8 Å². The molecule has 1 saturated heterocycles. The summed E-state index contributed by atoms with van der Waals surface area (Å²) in [6.07, 6.45) is 0.687. The molecule has 1 aliphatic rings. The summed E-state index contributed by atoms with van der Waals surface area (Å²) in [4.78, 5) is 13.0. The summed E-state index contributed by atoms with van der Waals surface area (Å²) in [5.74, 6) is -1.48. The normalized spacial score (nSPS) is 17.6. The van der Waals surface area contributed by atoms with Crippen LogP contribution in [-0.4, -0.2) is 30.2 Å². The van der Waals surface area contributed by atoms with E-state index >= 15 is 0 Å². The van der Waals surface area contributed by atoms with E-state index in [1.54, 1.807) is 6.07 Å². The second-order valence-corrected chi connectivity index (χ2v) is 7.73. The number of nitrogens with one attached hydrogen (secondary N) is 1. The predicted molar refractivity (Wildman–Crippen MR) is 114 cm³/mol. The van der Waals surface area contributed by atoms with Crippen molar-refractivity contribution in [2.45, 2.75) is 31.8 Å². The summed E-state index contributed by atoms with van der Waals surface area (Å²) in [5.41, 5.74) is 2.31. The topological polar surface area (TPSA) is 52.6 Å². The first-order valence-electron chi connectivity index (χ1n) is 10.00. The van der Waals surface area contributed by atoms with Crippen LogP contribution in [0.5, 0.6) is 0 Å². The molecule has 0 spiro atoms. The number of carbonyl (C=O) groups is 1. The van der Waals surface area contributed by atoms with E-state index in [-0.39, 0.29) is 18.0 Å². The number of nitrogens with zero attached hydrogens (tertiary/aromatic N) is 1. The highest BCUT2D eigenvalue weighted by Gasteiger charge is 2.25. The van der Waals surface area contributed by atoms with E-state index in [0.29, 0.717) is 6.04 Å². The minimum absolute atomic E-state index is 0.209. The van der Waals surface area contributed by atoms with E-state index in [1.165, 1.54) is 22.4 Å². The van der Waals surface area contributed by atoms with Gasteiger partial charge in [0.1, 0.15) is 5.82 Å². The highest BCUT2D eigenvalue weighted by Crippen LogP contribution is 2.27. The van der Waals surface area contributed by atoms with Gasteiger partial charge < -0.3 is 15.3 Å². The van der Waals surface area contributed by atoms with Crippen molar-refractivity contribution in [1.82, 2.24) is 5.32 Å². The lowest BCUT2D eigenvalue weighted by atomic mass is 9.99. The Labute approximate surface area is 170 Å². The number of aliphatic carboxylic acids is 1. The quantitative estimate of drug-likeness (QED) is 0.647. The highest BCUT2D eigenvalue weighted by atomic mass is 19.1. The minimum Gasteiger partial charge on any atom is -0.481 e. The lowest BCUT2D eigenvalue weighted by Crippen LogP contribution is -2.34. The molecule has 0 bridgehead atoms. The van der Waals surface area contributed by atoms with Crippen LogP contribution in [0, 0.1) is 5.82 Å². The van der Waals surface area contributed by atoms with Gasteiger partial charge in [0.2, 0.25) is 0 Å². The fourth-order valence-corrected chi connectivity index (χ4v) is 4.24. The molecule has 1 heterocycles. The van der Waals surface area contributed by atoms with E-state index in [2.05, 4.69) is 59.6 Å². The van der Waals surface area contributed by atoms with Crippen molar-refractivity contribution in [3.63, 3.8) is 0 Å². The van der Waals surface area contributed by atoms with Gasteiger partial charge in [-0.1, -0.05) is 48.5 Å². The molecule has 4 rings (SSSR count). The lowest BCUT2D eigenvalue weighted by molar-refractivity contribution is -0.136. The van der Waals surface area contributed by atoms with Gasteiger partial charge >= 0.3 is 5.97 Å². The molecule has 2 atom stereocenters. The van der Waals surface area contributed by atoms with Crippen molar-refractivity contribution < 1.29 is 14.3 Å². The fourth-order valence-electron chi connectivity index (χ4n) is 4.24. The molecule has 0 unspecified atom stereocenters. The molecular formula is C24H25FN2O2. The van der Waals surface area contributed by atoms with Crippen LogP contribution in [-0.2, 0) is 11.2 Å². The lowest BCUT2D eigenvalue weighted by Gasteiger charge is -2.23. The summed E-state index contributed by atoms with van der Waals surface area (Å²) < 4.78 is 14.2. The van der Waals surface area contributed by atoms with Gasteiger partial charge in [0, 0.05) is 30.9 Å². The number of rotatable bonds is 6. The Morgan fingerprint density at radius 1 is 1.21 bits per heavy atom. The Morgan fingerprint density at radius 2 is 2.00 bits per heavy atom. The third-order valence-electron chi connectivity index (χ3n) is 5.71. The summed E-state index contributed by atoms with van der Waals surface area (Å²) in [7, 11) is 0. The summed E-state index contributed by atoms with van der Waals surface area (Å²) in [6, 6.07) is 20.2. The Morgan fingerprint density at radius 3 is 2.79 bits per heavy atom. The number of halogens is 1. The monoisotopic (exact) mass is 392 g/mol. The van der Waals surface area contributed by atoms with Gasteiger partial charge in [-0.15, -0.1) is 0 Å². The van der Waals surface area contributed by atoms with Crippen LogP contribution in [0.3, 0.4) is 0 Å². The van der Waals surface area contributed by atoms with Gasteiger partial charge in [-0.3, -0.25) is 4.79 Å². The number of carboxylic acid groups (broad SMARTS) is 1. The second kappa shape index (κ2) is 8.21. The minimum atomic E-state index is -1.02. The molecule has 2 N–H and O–H groups in total. The van der Waals surface area contributed by atoms with Crippen molar-refractivity contribution in [2.24, 2.45) is 0 Å². The average molecular weight is 392 g/mol. The van der Waals surface area contributed by atoms with Crippen molar-refractivity contribution >= 4 is 22.4 Å². The van der Waals surface area contributed by atoms with Crippen LogP contribution in [0.1, 0.15) is 30.5 Å². The maximum atomic E-state index is 14.2. The first kappa shape index (κ1) is 19.4. The van der Waals surface area contributed by atoms with Crippen molar-refractivity contribution in [3.05, 3.63) is 77.6 Å². The Hall–Kier alpha value is -2.92. The number of hydrogen-bond acceptors (Lipinski definition) is 3. The molecule has 1 fully saturated rings. The highest BCUT2D eigenvalue weighted by molar-refractivity contribution is 5.86. The summed E-state index contributed by atoms with van der Waals surface area (Å²) >= 11 is 0. The number of carboxylic acids is 1. The standard InChI is InChI=1S/C24H25FN2O2/c1-16(21-8-4-6-17-5-2-3-7-22(17)21)26-19-11-12-27(15-19)20-10-9-18(13-24(28)29)23(25)14-20/h2-10,14,16,19,26H,11-13,15H2,1H3,(H,28,29)/t16-,19+/m1/s1. The molecule has 0 aliphatic carbocycles. The van der Waals surface area contributed by atoms with Crippen LogP contribution in [0.4, 0.5) is 10.1 Å². The van der Waals surface area contributed by atoms with Gasteiger partial charge in [0.15, 0.2) is 0 Å². The Balaban J connectivity index is 1.43. The van der Waals surface area contributed by atoms with Gasteiger partial charge in [0.05, 0.1) is 6.42 Å². The zero-order valence-electron chi connectivity index (χ0n) is 16.4. The molecule has 0 amide bonds. The number of benzene rings is 3. The third kappa shape index (κ3) is 4.25. The summed E-state index contributed by atoms with van der Waals surface area (Å²) in [6.45, 7) is 3.83. The molecule has 5 heteroatoms. The third-order valence-corrected chi connectivity index (χ3v) is 5.71. The molecule has 0 saturated carbocycles. The van der Waals surface area contributed by atoms with Crippen LogP contribution in [0.15, 0.2) is 60.7 Å². The van der Waals surface area contributed by atoms with Gasteiger partial charge in [-0.25, -0.2) is 4.39 Å². The largest absolute Gasteiger partial charge is 0.481 e. The Kier molecular flexibility index (Phi) is 5.49. The molecule has 29 heavy (non-hydrogen) atoms. The smallest absolute Gasteiger partial charge is 0.307 e. The molecule has 3 aromatic rings. The Bertz CT molecular complexity index is 1030. The van der Waals surface area contributed by atoms with Crippen molar-refractivity contribution in [2.75, 3.05) is 18.0 Å². The molecule has 0 radical (unpaired) electrons. The maximum absolute atomic E-state index is 14.2. The molecular weight excluding hydrogens is 367 g/mol. The molecule has 0 aromatic heterocycles. The molecule has 150 valence electrons. The van der Waals surface area contributed by atoms with Gasteiger partial charge in [0.25, 0.3) is 0 Å². The van der Waals surface area contributed by atoms with E-state index in [1.807, 2.05) is 6.07 Å². The molecule has 1 aliphatic heterocycles. The first-order chi connectivity index (χ1) is 14.0. The zero-order valence-corrected chi connectivity index (χ0v) is 16.4. The van der Waals surface area contributed by atoms with Crippen molar-refractivity contribution in [1.29, 1.82) is 0 Å². The SMILES string of the molecule is C[C@@H](N[C@H]1CCN(c2ccc(CC(=O)O)c(F)c2)C1)c1cccc2ccccc12. The second-order valence-electron chi connectivity index (χ2n) is 7.73. The van der Waals surface area contributed by atoms with E-state index in [0.717, 1.165) is 25.2 Å². The molecule has 4 nitrogen and oxygen atoms in total. The number of fused-ring (bicyclic) bond motifs is 1. The number of anilines is 1. The van der Waals surface area contributed by atoms with E-state index in [4.69, 9.17) is 5.11 Å². The number of hydrogen-bond donors (Lipinski definition) is 2.